The zero-order valence-electron chi connectivity index (χ0n) is 6.74. The van der Waals surface area contributed by atoms with E-state index in [-0.39, 0.29) is 6.42 Å². The molecule has 4 heteroatoms. The van der Waals surface area contributed by atoms with Crippen LogP contribution in [0.25, 0.3) is 0 Å². The SMILES string of the molecule is FC(F)(F)CCc1ccccc1Cl. The number of alkyl halides is 3. The van der Waals surface area contributed by atoms with Crippen molar-refractivity contribution in [1.29, 1.82) is 0 Å². The minimum Gasteiger partial charge on any atom is -0.171 e. The van der Waals surface area contributed by atoms with Crippen LogP contribution in [-0.2, 0) is 6.42 Å². The van der Waals surface area contributed by atoms with Gasteiger partial charge >= 0.3 is 6.18 Å². The Morgan fingerprint density at radius 2 is 1.77 bits per heavy atom. The summed E-state index contributed by atoms with van der Waals surface area (Å²) in [5.74, 6) is 0. The molecule has 0 fully saturated rings. The van der Waals surface area contributed by atoms with Gasteiger partial charge in [-0.15, -0.1) is 0 Å². The normalized spacial score (nSPS) is 11.7. The maximum atomic E-state index is 11.8. The molecule has 0 saturated carbocycles. The second-order valence-electron chi connectivity index (χ2n) is 2.71. The summed E-state index contributed by atoms with van der Waals surface area (Å²) in [7, 11) is 0. The van der Waals surface area contributed by atoms with Gasteiger partial charge < -0.3 is 0 Å². The predicted octanol–water partition coefficient (Wildman–Crippen LogP) is 3.83. The Labute approximate surface area is 79.3 Å². The maximum Gasteiger partial charge on any atom is 0.389 e. The number of halogens is 4. The fourth-order valence-corrected chi connectivity index (χ4v) is 1.21. The fraction of sp³-hybridized carbons (Fsp3) is 0.333. The smallest absolute Gasteiger partial charge is 0.171 e. The van der Waals surface area contributed by atoms with E-state index < -0.39 is 12.6 Å². The number of aryl methyl sites for hydroxylation is 1. The van der Waals surface area contributed by atoms with Crippen LogP contribution in [0.4, 0.5) is 13.2 Å². The molecule has 0 radical (unpaired) electrons. The van der Waals surface area contributed by atoms with Gasteiger partial charge in [0.1, 0.15) is 0 Å². The minimum absolute atomic E-state index is 0.0524. The van der Waals surface area contributed by atoms with Gasteiger partial charge in [-0.05, 0) is 18.1 Å². The molecular formula is C9H8ClF3. The zero-order chi connectivity index (χ0) is 9.90. The highest BCUT2D eigenvalue weighted by molar-refractivity contribution is 6.31. The van der Waals surface area contributed by atoms with Gasteiger partial charge in [-0.3, -0.25) is 0 Å². The molecule has 0 nitrogen and oxygen atoms in total. The van der Waals surface area contributed by atoms with E-state index in [9.17, 15) is 13.2 Å². The number of rotatable bonds is 2. The lowest BCUT2D eigenvalue weighted by Crippen LogP contribution is -2.08. The lowest BCUT2D eigenvalue weighted by molar-refractivity contribution is -0.133. The van der Waals surface area contributed by atoms with Gasteiger partial charge in [-0.25, -0.2) is 0 Å². The summed E-state index contributed by atoms with van der Waals surface area (Å²) < 4.78 is 35.5. The van der Waals surface area contributed by atoms with Gasteiger partial charge in [0, 0.05) is 11.4 Å². The number of hydrogen-bond acceptors (Lipinski definition) is 0. The van der Waals surface area contributed by atoms with Gasteiger partial charge in [0.2, 0.25) is 0 Å². The third kappa shape index (κ3) is 3.68. The molecule has 0 saturated heterocycles. The lowest BCUT2D eigenvalue weighted by atomic mass is 10.1. The molecule has 0 aliphatic carbocycles. The van der Waals surface area contributed by atoms with Gasteiger partial charge in [0.15, 0.2) is 0 Å². The molecule has 0 spiro atoms. The predicted molar refractivity (Wildman–Crippen MR) is 45.8 cm³/mol. The van der Waals surface area contributed by atoms with Crippen molar-refractivity contribution < 1.29 is 13.2 Å². The third-order valence-electron chi connectivity index (χ3n) is 1.64. The second kappa shape index (κ2) is 4.01. The molecule has 0 aromatic heterocycles. The summed E-state index contributed by atoms with van der Waals surface area (Å²) in [6, 6.07) is 6.57. The zero-order valence-corrected chi connectivity index (χ0v) is 7.49. The number of hydrogen-bond donors (Lipinski definition) is 0. The van der Waals surface area contributed by atoms with E-state index >= 15 is 0 Å². The Morgan fingerprint density at radius 1 is 1.15 bits per heavy atom. The van der Waals surface area contributed by atoms with E-state index in [2.05, 4.69) is 0 Å². The molecule has 13 heavy (non-hydrogen) atoms. The first-order valence-electron chi connectivity index (χ1n) is 3.79. The lowest BCUT2D eigenvalue weighted by Gasteiger charge is -2.06. The van der Waals surface area contributed by atoms with Gasteiger partial charge in [0.25, 0.3) is 0 Å². The van der Waals surface area contributed by atoms with Crippen LogP contribution in [-0.4, -0.2) is 6.18 Å². The van der Waals surface area contributed by atoms with Crippen molar-refractivity contribution >= 4 is 11.6 Å². The first-order valence-corrected chi connectivity index (χ1v) is 4.17. The first kappa shape index (κ1) is 10.4. The van der Waals surface area contributed by atoms with Crippen molar-refractivity contribution in [2.24, 2.45) is 0 Å². The van der Waals surface area contributed by atoms with Gasteiger partial charge in [-0.2, -0.15) is 13.2 Å². The largest absolute Gasteiger partial charge is 0.389 e. The van der Waals surface area contributed by atoms with E-state index in [4.69, 9.17) is 11.6 Å². The van der Waals surface area contributed by atoms with E-state index in [0.717, 1.165) is 0 Å². The quantitative estimate of drug-likeness (QED) is 0.693. The summed E-state index contributed by atoms with van der Waals surface area (Å²) in [6.07, 6.45) is -4.99. The molecule has 0 unspecified atom stereocenters. The Morgan fingerprint density at radius 3 is 2.31 bits per heavy atom. The fourth-order valence-electron chi connectivity index (χ4n) is 0.978. The molecular weight excluding hydrogens is 201 g/mol. The van der Waals surface area contributed by atoms with Crippen LogP contribution in [0.15, 0.2) is 24.3 Å². The average Bonchev–Trinajstić information content (AvgIpc) is 2.01. The van der Waals surface area contributed by atoms with E-state index in [1.54, 1.807) is 24.3 Å². The second-order valence-corrected chi connectivity index (χ2v) is 3.11. The van der Waals surface area contributed by atoms with Crippen molar-refractivity contribution in [3.05, 3.63) is 34.9 Å². The molecule has 0 bridgehead atoms. The average molecular weight is 209 g/mol. The van der Waals surface area contributed by atoms with E-state index in [1.165, 1.54) is 0 Å². The van der Waals surface area contributed by atoms with Crippen molar-refractivity contribution in [2.75, 3.05) is 0 Å². The Bertz CT molecular complexity index is 280. The highest BCUT2D eigenvalue weighted by atomic mass is 35.5. The van der Waals surface area contributed by atoms with Crippen LogP contribution in [0.1, 0.15) is 12.0 Å². The molecule has 1 aromatic rings. The van der Waals surface area contributed by atoms with Crippen LogP contribution in [0.3, 0.4) is 0 Å². The molecule has 0 atom stereocenters. The Balaban J connectivity index is 2.60. The summed E-state index contributed by atoms with van der Waals surface area (Å²) in [5.41, 5.74) is 0.543. The summed E-state index contributed by atoms with van der Waals surface area (Å²) >= 11 is 5.69. The highest BCUT2D eigenvalue weighted by Gasteiger charge is 2.26. The summed E-state index contributed by atoms with van der Waals surface area (Å²) in [6.45, 7) is 0. The van der Waals surface area contributed by atoms with Crippen LogP contribution >= 0.6 is 11.6 Å². The van der Waals surface area contributed by atoms with Crippen molar-refractivity contribution in [3.63, 3.8) is 0 Å². The molecule has 1 rings (SSSR count). The van der Waals surface area contributed by atoms with Crippen molar-refractivity contribution in [2.45, 2.75) is 19.0 Å². The van der Waals surface area contributed by atoms with E-state index in [1.807, 2.05) is 0 Å². The van der Waals surface area contributed by atoms with Gasteiger partial charge in [-0.1, -0.05) is 29.8 Å². The van der Waals surface area contributed by atoms with Crippen LogP contribution < -0.4 is 0 Å². The molecule has 0 heterocycles. The molecule has 0 aliphatic rings. The molecule has 0 aliphatic heterocycles. The topological polar surface area (TPSA) is 0 Å². The molecule has 72 valence electrons. The van der Waals surface area contributed by atoms with Crippen molar-refractivity contribution in [3.8, 4) is 0 Å². The first-order chi connectivity index (χ1) is 5.99. The van der Waals surface area contributed by atoms with Crippen LogP contribution in [0, 0.1) is 0 Å². The van der Waals surface area contributed by atoms with Crippen LogP contribution in [0.2, 0.25) is 5.02 Å². The van der Waals surface area contributed by atoms with Gasteiger partial charge in [0.05, 0.1) is 0 Å². The molecule has 1 aromatic carbocycles. The maximum absolute atomic E-state index is 11.8. The standard InChI is InChI=1S/C9H8ClF3/c10-8-4-2-1-3-7(8)5-6-9(11,12)13/h1-4H,5-6H2. The summed E-state index contributed by atoms with van der Waals surface area (Å²) in [4.78, 5) is 0. The monoisotopic (exact) mass is 208 g/mol. The Hall–Kier alpha value is -0.700. The highest BCUT2D eigenvalue weighted by Crippen LogP contribution is 2.24. The molecule has 0 N–H and O–H groups in total. The minimum atomic E-state index is -4.11. The van der Waals surface area contributed by atoms with Crippen molar-refractivity contribution in [1.82, 2.24) is 0 Å². The number of benzene rings is 1. The van der Waals surface area contributed by atoms with E-state index in [0.29, 0.717) is 10.6 Å². The summed E-state index contributed by atoms with van der Waals surface area (Å²) in [5, 5.41) is 0.395. The third-order valence-corrected chi connectivity index (χ3v) is 2.00. The molecule has 0 amide bonds. The Kier molecular flexibility index (Phi) is 3.20. The van der Waals surface area contributed by atoms with Crippen LogP contribution in [0.5, 0.6) is 0 Å².